The van der Waals surface area contributed by atoms with E-state index in [4.69, 9.17) is 14.2 Å². The maximum absolute atomic E-state index is 12.8. The van der Waals surface area contributed by atoms with Gasteiger partial charge in [-0.15, -0.1) is 0 Å². The second-order valence-electron chi connectivity index (χ2n) is 7.46. The van der Waals surface area contributed by atoms with Gasteiger partial charge in [0.25, 0.3) is 5.91 Å². The fraction of sp³-hybridized carbons (Fsp3) is 0.200. The van der Waals surface area contributed by atoms with Crippen molar-refractivity contribution in [3.8, 4) is 28.5 Å². The van der Waals surface area contributed by atoms with Crippen molar-refractivity contribution in [2.75, 3.05) is 27.9 Å². The number of carbonyl (C=O) groups excluding carboxylic acids is 2. The van der Waals surface area contributed by atoms with E-state index in [1.807, 2.05) is 25.2 Å². The molecule has 0 spiro atoms. The maximum atomic E-state index is 12.8. The third kappa shape index (κ3) is 4.40. The van der Waals surface area contributed by atoms with Crippen molar-refractivity contribution >= 4 is 22.6 Å². The molecule has 0 saturated carbocycles. The van der Waals surface area contributed by atoms with Crippen LogP contribution in [0.2, 0.25) is 0 Å². The fourth-order valence-electron chi connectivity index (χ4n) is 3.60. The van der Waals surface area contributed by atoms with Crippen molar-refractivity contribution in [2.45, 2.75) is 0 Å². The van der Waals surface area contributed by atoms with Gasteiger partial charge in [0.1, 0.15) is 17.1 Å². The molecule has 2 aromatic heterocycles. The Kier molecular flexibility index (Phi) is 6.44. The number of ketones is 1. The molecule has 0 saturated heterocycles. The van der Waals surface area contributed by atoms with Gasteiger partial charge < -0.3 is 19.5 Å². The molecule has 4 aromatic rings. The van der Waals surface area contributed by atoms with Crippen molar-refractivity contribution < 1.29 is 23.8 Å². The van der Waals surface area contributed by atoms with E-state index in [-0.39, 0.29) is 18.0 Å². The Labute approximate surface area is 196 Å². The van der Waals surface area contributed by atoms with E-state index < -0.39 is 5.91 Å². The molecule has 0 aliphatic rings. The number of aryl methyl sites for hydroxylation is 1. The van der Waals surface area contributed by atoms with Crippen molar-refractivity contribution in [3.63, 3.8) is 0 Å². The Hall–Kier alpha value is -4.40. The Bertz CT molecular complexity index is 1380. The zero-order valence-corrected chi connectivity index (χ0v) is 19.3. The Morgan fingerprint density at radius 1 is 0.912 bits per heavy atom. The number of hydrogen-bond donors (Lipinski definition) is 1. The van der Waals surface area contributed by atoms with Gasteiger partial charge in [-0.25, -0.2) is 4.98 Å². The average Bonchev–Trinajstić information content (AvgIpc) is 3.25. The minimum atomic E-state index is -0.412. The molecular weight excluding hydrogens is 436 g/mol. The van der Waals surface area contributed by atoms with Crippen LogP contribution in [-0.4, -0.2) is 54.3 Å². The molecule has 0 aliphatic carbocycles. The summed E-state index contributed by atoms with van der Waals surface area (Å²) in [5, 5.41) is 7.89. The topological polar surface area (TPSA) is 105 Å². The molecule has 2 aromatic carbocycles. The molecule has 0 fully saturated rings. The number of nitrogens with one attached hydrogen (secondary N) is 1. The fourth-order valence-corrected chi connectivity index (χ4v) is 3.60. The molecule has 1 N–H and O–H groups in total. The van der Waals surface area contributed by atoms with Crippen molar-refractivity contribution in [3.05, 3.63) is 66.0 Å². The second kappa shape index (κ2) is 9.62. The Balaban J connectivity index is 1.54. The van der Waals surface area contributed by atoms with Gasteiger partial charge in [-0.05, 0) is 36.4 Å². The highest BCUT2D eigenvalue weighted by Crippen LogP contribution is 2.31. The van der Waals surface area contributed by atoms with Crippen LogP contribution in [0.1, 0.15) is 20.8 Å². The van der Waals surface area contributed by atoms with Crippen LogP contribution in [0.3, 0.4) is 0 Å². The first-order valence-corrected chi connectivity index (χ1v) is 10.5. The standard InChI is InChI=1S/C25H24N4O5/c1-29-19-11-15(5-6-17(19)13-27-29)24-22(33-3)10-8-18(28-24)20(30)14-26-25(31)16-7-9-21(32-2)23(12-16)34-4/h5-13H,14H2,1-4H3,(H,26,31). The molecule has 174 valence electrons. The largest absolute Gasteiger partial charge is 0.494 e. The third-order valence-corrected chi connectivity index (χ3v) is 5.44. The number of Topliss-reactive ketones (excluding diaryl/α,β-unsaturated/α-hetero) is 1. The summed E-state index contributed by atoms with van der Waals surface area (Å²) >= 11 is 0. The van der Waals surface area contributed by atoms with Crippen LogP contribution in [0, 0.1) is 0 Å². The van der Waals surface area contributed by atoms with Crippen molar-refractivity contribution in [1.29, 1.82) is 0 Å². The van der Waals surface area contributed by atoms with Gasteiger partial charge in [-0.2, -0.15) is 5.10 Å². The minimum Gasteiger partial charge on any atom is -0.494 e. The van der Waals surface area contributed by atoms with E-state index in [1.165, 1.54) is 14.2 Å². The minimum absolute atomic E-state index is 0.216. The first kappa shape index (κ1) is 22.8. The molecule has 4 rings (SSSR count). The van der Waals surface area contributed by atoms with E-state index in [2.05, 4.69) is 15.4 Å². The quantitative estimate of drug-likeness (QED) is 0.403. The highest BCUT2D eigenvalue weighted by molar-refractivity contribution is 6.02. The number of aromatic nitrogens is 3. The number of methoxy groups -OCH3 is 3. The second-order valence-corrected chi connectivity index (χ2v) is 7.46. The van der Waals surface area contributed by atoms with Crippen LogP contribution in [0.5, 0.6) is 17.2 Å². The summed E-state index contributed by atoms with van der Waals surface area (Å²) in [6.45, 7) is -0.216. The molecule has 0 atom stereocenters. The molecule has 0 bridgehead atoms. The van der Waals surface area contributed by atoms with Gasteiger partial charge in [-0.3, -0.25) is 14.3 Å². The molecule has 34 heavy (non-hydrogen) atoms. The zero-order valence-electron chi connectivity index (χ0n) is 19.3. The normalized spacial score (nSPS) is 10.7. The molecular formula is C25H24N4O5. The number of hydrogen-bond acceptors (Lipinski definition) is 7. The molecule has 9 nitrogen and oxygen atoms in total. The summed E-state index contributed by atoms with van der Waals surface area (Å²) in [4.78, 5) is 29.9. The van der Waals surface area contributed by atoms with Crippen LogP contribution >= 0.6 is 0 Å². The average molecular weight is 460 g/mol. The lowest BCUT2D eigenvalue weighted by molar-refractivity contribution is 0.0902. The molecule has 1 amide bonds. The first-order valence-electron chi connectivity index (χ1n) is 10.5. The van der Waals surface area contributed by atoms with E-state index >= 15 is 0 Å². The highest BCUT2D eigenvalue weighted by Gasteiger charge is 2.17. The van der Waals surface area contributed by atoms with Crippen LogP contribution < -0.4 is 19.5 Å². The maximum Gasteiger partial charge on any atom is 0.251 e. The summed E-state index contributed by atoms with van der Waals surface area (Å²) in [5.41, 5.74) is 2.81. The number of rotatable bonds is 8. The first-order chi connectivity index (χ1) is 16.4. The van der Waals surface area contributed by atoms with Gasteiger partial charge in [0.05, 0.1) is 39.6 Å². The number of carbonyl (C=O) groups is 2. The van der Waals surface area contributed by atoms with E-state index in [1.54, 1.807) is 48.3 Å². The van der Waals surface area contributed by atoms with Crippen LogP contribution in [0.4, 0.5) is 0 Å². The highest BCUT2D eigenvalue weighted by atomic mass is 16.5. The summed E-state index contributed by atoms with van der Waals surface area (Å²) in [6.07, 6.45) is 1.78. The van der Waals surface area contributed by atoms with Crippen LogP contribution in [0.25, 0.3) is 22.2 Å². The van der Waals surface area contributed by atoms with Gasteiger partial charge in [0, 0.05) is 23.6 Å². The molecule has 0 radical (unpaired) electrons. The van der Waals surface area contributed by atoms with E-state index in [0.717, 1.165) is 16.5 Å². The van der Waals surface area contributed by atoms with Gasteiger partial charge in [0.2, 0.25) is 0 Å². The predicted octanol–water partition coefficient (Wildman–Crippen LogP) is 3.27. The molecule has 0 aliphatic heterocycles. The SMILES string of the molecule is COc1ccc(C(=O)NCC(=O)c2ccc(OC)c(-c3ccc4cnn(C)c4c3)n2)cc1OC. The van der Waals surface area contributed by atoms with Gasteiger partial charge in [-0.1, -0.05) is 12.1 Å². The number of pyridine rings is 1. The lowest BCUT2D eigenvalue weighted by Crippen LogP contribution is -2.30. The summed E-state index contributed by atoms with van der Waals surface area (Å²) in [7, 11) is 6.41. The summed E-state index contributed by atoms with van der Waals surface area (Å²) in [6, 6.07) is 13.8. The number of fused-ring (bicyclic) bond motifs is 1. The third-order valence-electron chi connectivity index (χ3n) is 5.44. The van der Waals surface area contributed by atoms with Gasteiger partial charge >= 0.3 is 0 Å². The lowest BCUT2D eigenvalue weighted by Gasteiger charge is -2.11. The molecule has 0 unspecified atom stereocenters. The van der Waals surface area contributed by atoms with Crippen molar-refractivity contribution in [2.24, 2.45) is 7.05 Å². The monoisotopic (exact) mass is 460 g/mol. The smallest absolute Gasteiger partial charge is 0.251 e. The van der Waals surface area contributed by atoms with Crippen molar-refractivity contribution in [1.82, 2.24) is 20.1 Å². The van der Waals surface area contributed by atoms with E-state index in [9.17, 15) is 9.59 Å². The predicted molar refractivity (Wildman–Crippen MR) is 127 cm³/mol. The van der Waals surface area contributed by atoms with E-state index in [0.29, 0.717) is 28.5 Å². The summed E-state index contributed by atoms with van der Waals surface area (Å²) in [5.74, 6) is 0.721. The Morgan fingerprint density at radius 3 is 2.38 bits per heavy atom. The van der Waals surface area contributed by atoms with Crippen LogP contribution in [-0.2, 0) is 7.05 Å². The zero-order chi connectivity index (χ0) is 24.2. The number of benzene rings is 2. The van der Waals surface area contributed by atoms with Gasteiger partial charge in [0.15, 0.2) is 17.3 Å². The number of amides is 1. The lowest BCUT2D eigenvalue weighted by atomic mass is 10.1. The molecule has 9 heteroatoms. The number of ether oxygens (including phenoxy) is 3. The molecule has 2 heterocycles. The Morgan fingerprint density at radius 2 is 1.65 bits per heavy atom. The van der Waals surface area contributed by atoms with Crippen LogP contribution in [0.15, 0.2) is 54.7 Å². The summed E-state index contributed by atoms with van der Waals surface area (Å²) < 4.78 is 17.6. The number of nitrogens with zero attached hydrogens (tertiary/aromatic N) is 3.